The predicted octanol–water partition coefficient (Wildman–Crippen LogP) is 3.15. The Hall–Kier alpha value is -2.07. The third kappa shape index (κ3) is 2.91. The monoisotopic (exact) mass is 275 g/mol. The Kier molecular flexibility index (Phi) is 4.58. The molecule has 0 bridgehead atoms. The molecule has 2 aromatic carbocycles. The van der Waals surface area contributed by atoms with Crippen LogP contribution in [-0.2, 0) is 0 Å². The number of halogens is 1. The van der Waals surface area contributed by atoms with Crippen molar-refractivity contribution in [2.75, 3.05) is 21.3 Å². The van der Waals surface area contributed by atoms with Crippen LogP contribution in [0, 0.1) is 5.82 Å². The largest absolute Gasteiger partial charge is 0.497 e. The number of ether oxygens (including phenoxy) is 2. The second-order valence-electron chi connectivity index (χ2n) is 4.38. The first kappa shape index (κ1) is 14.3. The quantitative estimate of drug-likeness (QED) is 0.909. The van der Waals surface area contributed by atoms with Crippen molar-refractivity contribution in [3.8, 4) is 11.5 Å². The number of hydrogen-bond donors (Lipinski definition) is 1. The van der Waals surface area contributed by atoms with Crippen LogP contribution in [-0.4, -0.2) is 21.3 Å². The lowest BCUT2D eigenvalue weighted by Crippen LogP contribution is -2.18. The van der Waals surface area contributed by atoms with Gasteiger partial charge in [0.1, 0.15) is 17.3 Å². The highest BCUT2D eigenvalue weighted by molar-refractivity contribution is 5.46. The summed E-state index contributed by atoms with van der Waals surface area (Å²) in [6, 6.07) is 12.0. The molecule has 4 heteroatoms. The zero-order chi connectivity index (χ0) is 14.5. The Morgan fingerprint density at radius 1 is 1.00 bits per heavy atom. The Morgan fingerprint density at radius 2 is 1.70 bits per heavy atom. The van der Waals surface area contributed by atoms with Gasteiger partial charge in [0.15, 0.2) is 0 Å². The smallest absolute Gasteiger partial charge is 0.124 e. The predicted molar refractivity (Wildman–Crippen MR) is 76.8 cm³/mol. The molecule has 2 aromatic rings. The summed E-state index contributed by atoms with van der Waals surface area (Å²) in [7, 11) is 5.10. The van der Waals surface area contributed by atoms with Crippen molar-refractivity contribution in [3.63, 3.8) is 0 Å². The molecule has 20 heavy (non-hydrogen) atoms. The standard InChI is InChI=1S/C16H18FNO2/c1-18-16(11-4-6-12(17)7-5-11)14-10-13(19-2)8-9-15(14)20-3/h4-10,16,18H,1-3H3. The summed E-state index contributed by atoms with van der Waals surface area (Å²) in [5, 5.41) is 3.22. The van der Waals surface area contributed by atoms with Gasteiger partial charge < -0.3 is 14.8 Å². The second-order valence-corrected chi connectivity index (χ2v) is 4.38. The van der Waals surface area contributed by atoms with Crippen LogP contribution in [0.1, 0.15) is 17.2 Å². The van der Waals surface area contributed by atoms with Gasteiger partial charge in [0.25, 0.3) is 0 Å². The number of rotatable bonds is 5. The van der Waals surface area contributed by atoms with Crippen molar-refractivity contribution >= 4 is 0 Å². The van der Waals surface area contributed by atoms with Crippen LogP contribution in [0.4, 0.5) is 4.39 Å². The summed E-state index contributed by atoms with van der Waals surface area (Å²) in [5.41, 5.74) is 1.90. The Bertz CT molecular complexity index is 569. The molecular weight excluding hydrogens is 257 g/mol. The number of methoxy groups -OCH3 is 2. The van der Waals surface area contributed by atoms with Crippen LogP contribution in [0.3, 0.4) is 0 Å². The Balaban J connectivity index is 2.47. The molecule has 0 amide bonds. The minimum Gasteiger partial charge on any atom is -0.497 e. The molecule has 0 fully saturated rings. The molecule has 1 unspecified atom stereocenters. The first-order chi connectivity index (χ1) is 9.69. The van der Waals surface area contributed by atoms with Crippen LogP contribution >= 0.6 is 0 Å². The molecule has 1 atom stereocenters. The van der Waals surface area contributed by atoms with Crippen molar-refractivity contribution in [1.82, 2.24) is 5.32 Å². The summed E-state index contributed by atoms with van der Waals surface area (Å²) >= 11 is 0. The van der Waals surface area contributed by atoms with E-state index in [4.69, 9.17) is 9.47 Å². The van der Waals surface area contributed by atoms with Crippen molar-refractivity contribution in [3.05, 3.63) is 59.4 Å². The van der Waals surface area contributed by atoms with Crippen molar-refractivity contribution in [2.24, 2.45) is 0 Å². The van der Waals surface area contributed by atoms with Gasteiger partial charge in [-0.25, -0.2) is 4.39 Å². The van der Waals surface area contributed by atoms with E-state index in [0.29, 0.717) is 0 Å². The second kappa shape index (κ2) is 6.39. The lowest BCUT2D eigenvalue weighted by atomic mass is 9.97. The minimum absolute atomic E-state index is 0.0966. The maximum absolute atomic E-state index is 13.1. The van der Waals surface area contributed by atoms with Crippen LogP contribution in [0.25, 0.3) is 0 Å². The van der Waals surface area contributed by atoms with Crippen molar-refractivity contribution in [1.29, 1.82) is 0 Å². The summed E-state index contributed by atoms with van der Waals surface area (Å²) in [6.07, 6.45) is 0. The van der Waals surface area contributed by atoms with Gasteiger partial charge in [0.05, 0.1) is 20.3 Å². The normalized spacial score (nSPS) is 12.0. The van der Waals surface area contributed by atoms with Gasteiger partial charge in [-0.2, -0.15) is 0 Å². The molecule has 0 aliphatic heterocycles. The van der Waals surface area contributed by atoms with Gasteiger partial charge in [-0.1, -0.05) is 12.1 Å². The summed E-state index contributed by atoms with van der Waals surface area (Å²) in [5.74, 6) is 1.26. The van der Waals surface area contributed by atoms with Crippen LogP contribution in [0.5, 0.6) is 11.5 Å². The molecule has 0 aliphatic rings. The highest BCUT2D eigenvalue weighted by Crippen LogP contribution is 2.32. The molecule has 0 radical (unpaired) electrons. The molecule has 1 N–H and O–H groups in total. The Morgan fingerprint density at radius 3 is 2.25 bits per heavy atom. The first-order valence-electron chi connectivity index (χ1n) is 6.34. The molecule has 0 aliphatic carbocycles. The van der Waals surface area contributed by atoms with E-state index in [1.807, 2.05) is 25.2 Å². The molecular formula is C16H18FNO2. The van der Waals surface area contributed by atoms with Gasteiger partial charge in [0, 0.05) is 5.56 Å². The minimum atomic E-state index is -0.249. The molecule has 0 saturated carbocycles. The van der Waals surface area contributed by atoms with Gasteiger partial charge in [-0.3, -0.25) is 0 Å². The molecule has 2 rings (SSSR count). The van der Waals surface area contributed by atoms with E-state index in [9.17, 15) is 4.39 Å². The third-order valence-corrected chi connectivity index (χ3v) is 3.24. The van der Waals surface area contributed by atoms with E-state index in [0.717, 1.165) is 22.6 Å². The van der Waals surface area contributed by atoms with E-state index in [1.165, 1.54) is 12.1 Å². The SMILES string of the molecule is CNC(c1ccc(F)cc1)c1cc(OC)ccc1OC. The summed E-state index contributed by atoms with van der Waals surface area (Å²) in [6.45, 7) is 0. The maximum atomic E-state index is 13.1. The molecule has 0 heterocycles. The zero-order valence-electron chi connectivity index (χ0n) is 11.8. The number of nitrogens with one attached hydrogen (secondary N) is 1. The van der Waals surface area contributed by atoms with Crippen LogP contribution in [0.2, 0.25) is 0 Å². The fraction of sp³-hybridized carbons (Fsp3) is 0.250. The highest BCUT2D eigenvalue weighted by Gasteiger charge is 2.17. The molecule has 0 spiro atoms. The molecule has 0 saturated heterocycles. The average Bonchev–Trinajstić information content (AvgIpc) is 2.49. The van der Waals surface area contributed by atoms with Gasteiger partial charge in [0.2, 0.25) is 0 Å². The van der Waals surface area contributed by atoms with Crippen LogP contribution in [0.15, 0.2) is 42.5 Å². The summed E-state index contributed by atoms with van der Waals surface area (Å²) < 4.78 is 23.7. The first-order valence-corrected chi connectivity index (χ1v) is 6.34. The Labute approximate surface area is 118 Å². The van der Waals surface area contributed by atoms with Crippen molar-refractivity contribution in [2.45, 2.75) is 6.04 Å². The third-order valence-electron chi connectivity index (χ3n) is 3.24. The molecule has 3 nitrogen and oxygen atoms in total. The average molecular weight is 275 g/mol. The fourth-order valence-corrected chi connectivity index (χ4v) is 2.22. The molecule has 0 aromatic heterocycles. The topological polar surface area (TPSA) is 30.5 Å². The number of benzene rings is 2. The van der Waals surface area contributed by atoms with Gasteiger partial charge in [-0.05, 0) is 42.9 Å². The summed E-state index contributed by atoms with van der Waals surface area (Å²) in [4.78, 5) is 0. The van der Waals surface area contributed by atoms with E-state index < -0.39 is 0 Å². The van der Waals surface area contributed by atoms with E-state index in [-0.39, 0.29) is 11.9 Å². The van der Waals surface area contributed by atoms with Gasteiger partial charge >= 0.3 is 0 Å². The van der Waals surface area contributed by atoms with Crippen LogP contribution < -0.4 is 14.8 Å². The van der Waals surface area contributed by atoms with E-state index in [2.05, 4.69) is 5.32 Å². The van der Waals surface area contributed by atoms with Gasteiger partial charge in [-0.15, -0.1) is 0 Å². The maximum Gasteiger partial charge on any atom is 0.124 e. The highest BCUT2D eigenvalue weighted by atomic mass is 19.1. The zero-order valence-corrected chi connectivity index (χ0v) is 11.8. The number of hydrogen-bond acceptors (Lipinski definition) is 3. The molecule has 106 valence electrons. The lowest BCUT2D eigenvalue weighted by molar-refractivity contribution is 0.395. The lowest BCUT2D eigenvalue weighted by Gasteiger charge is -2.20. The van der Waals surface area contributed by atoms with Crippen molar-refractivity contribution < 1.29 is 13.9 Å². The van der Waals surface area contributed by atoms with E-state index in [1.54, 1.807) is 26.4 Å². The fourth-order valence-electron chi connectivity index (χ4n) is 2.22. The van der Waals surface area contributed by atoms with E-state index >= 15 is 0 Å².